The summed E-state index contributed by atoms with van der Waals surface area (Å²) in [6.45, 7) is 5.98. The quantitative estimate of drug-likeness (QED) is 0.668. The van der Waals surface area contributed by atoms with Gasteiger partial charge in [0.25, 0.3) is 0 Å². The van der Waals surface area contributed by atoms with E-state index >= 15 is 0 Å². The summed E-state index contributed by atoms with van der Waals surface area (Å²) in [4.78, 5) is 9.31. The van der Waals surface area contributed by atoms with E-state index in [1.54, 1.807) is 6.26 Å². The molecule has 0 aromatic carbocycles. The summed E-state index contributed by atoms with van der Waals surface area (Å²) >= 11 is 0. The first-order valence-corrected chi connectivity index (χ1v) is 7.95. The molecule has 5 heteroatoms. The minimum Gasteiger partial charge on any atom is -0.468 e. The highest BCUT2D eigenvalue weighted by molar-refractivity contribution is 5.79. The number of rotatable bonds is 5. The Morgan fingerprint density at radius 2 is 2.14 bits per heavy atom. The van der Waals surface area contributed by atoms with Crippen molar-refractivity contribution in [3.05, 3.63) is 24.2 Å². The highest BCUT2D eigenvalue weighted by atomic mass is 16.3. The first kappa shape index (κ1) is 15.9. The maximum absolute atomic E-state index is 5.66. The SMILES string of the molecule is CCNC(=NCC(c1ccco1)N1CCCCC1)N(C)C. The fourth-order valence-corrected chi connectivity index (χ4v) is 2.78. The van der Waals surface area contributed by atoms with Crippen LogP contribution in [-0.2, 0) is 0 Å². The highest BCUT2D eigenvalue weighted by Gasteiger charge is 2.24. The van der Waals surface area contributed by atoms with Crippen molar-refractivity contribution >= 4 is 5.96 Å². The van der Waals surface area contributed by atoms with Crippen molar-refractivity contribution in [3.63, 3.8) is 0 Å². The van der Waals surface area contributed by atoms with Crippen LogP contribution in [0, 0.1) is 0 Å². The molecular weight excluding hydrogens is 264 g/mol. The van der Waals surface area contributed by atoms with Gasteiger partial charge in [-0.15, -0.1) is 0 Å². The van der Waals surface area contributed by atoms with Gasteiger partial charge < -0.3 is 14.6 Å². The molecule has 2 rings (SSSR count). The lowest BCUT2D eigenvalue weighted by Gasteiger charge is -2.32. The molecule has 0 saturated carbocycles. The summed E-state index contributed by atoms with van der Waals surface area (Å²) < 4.78 is 5.66. The van der Waals surface area contributed by atoms with Crippen LogP contribution in [0.15, 0.2) is 27.8 Å². The number of nitrogens with one attached hydrogen (secondary N) is 1. The zero-order valence-electron chi connectivity index (χ0n) is 13.5. The first-order chi connectivity index (χ1) is 10.2. The first-order valence-electron chi connectivity index (χ1n) is 7.95. The van der Waals surface area contributed by atoms with Gasteiger partial charge in [0, 0.05) is 20.6 Å². The Labute approximate surface area is 128 Å². The molecule has 1 atom stereocenters. The zero-order chi connectivity index (χ0) is 15.1. The van der Waals surface area contributed by atoms with Gasteiger partial charge in [0.2, 0.25) is 0 Å². The van der Waals surface area contributed by atoms with Crippen molar-refractivity contribution in [2.45, 2.75) is 32.2 Å². The number of guanidine groups is 1. The molecule has 5 nitrogen and oxygen atoms in total. The fraction of sp³-hybridized carbons (Fsp3) is 0.688. The monoisotopic (exact) mass is 292 g/mol. The Hall–Kier alpha value is -1.49. The maximum Gasteiger partial charge on any atom is 0.193 e. The lowest BCUT2D eigenvalue weighted by molar-refractivity contribution is 0.150. The summed E-state index contributed by atoms with van der Waals surface area (Å²) in [6.07, 6.45) is 5.64. The van der Waals surface area contributed by atoms with Crippen molar-refractivity contribution in [3.8, 4) is 0 Å². The van der Waals surface area contributed by atoms with E-state index in [9.17, 15) is 0 Å². The van der Waals surface area contributed by atoms with Crippen LogP contribution in [0.2, 0.25) is 0 Å². The molecule has 21 heavy (non-hydrogen) atoms. The summed E-state index contributed by atoms with van der Waals surface area (Å²) in [5, 5.41) is 3.31. The maximum atomic E-state index is 5.66. The van der Waals surface area contributed by atoms with Gasteiger partial charge in [-0.25, -0.2) is 0 Å². The molecule has 0 amide bonds. The summed E-state index contributed by atoms with van der Waals surface area (Å²) in [6, 6.07) is 4.28. The van der Waals surface area contributed by atoms with Crippen LogP contribution >= 0.6 is 0 Å². The van der Waals surface area contributed by atoms with Gasteiger partial charge in [-0.2, -0.15) is 0 Å². The molecule has 1 unspecified atom stereocenters. The van der Waals surface area contributed by atoms with Gasteiger partial charge in [-0.05, 0) is 45.0 Å². The van der Waals surface area contributed by atoms with E-state index in [0.29, 0.717) is 0 Å². The predicted octanol–water partition coefficient (Wildman–Crippen LogP) is 2.33. The number of furan rings is 1. The summed E-state index contributed by atoms with van der Waals surface area (Å²) in [7, 11) is 4.04. The minimum atomic E-state index is 0.244. The van der Waals surface area contributed by atoms with E-state index < -0.39 is 0 Å². The van der Waals surface area contributed by atoms with Crippen molar-refractivity contribution in [1.82, 2.24) is 15.1 Å². The van der Waals surface area contributed by atoms with Gasteiger partial charge in [0.15, 0.2) is 5.96 Å². The van der Waals surface area contributed by atoms with E-state index in [0.717, 1.165) is 37.9 Å². The molecule has 1 saturated heterocycles. The second-order valence-electron chi connectivity index (χ2n) is 5.72. The van der Waals surface area contributed by atoms with Crippen LogP contribution in [-0.4, -0.2) is 56.0 Å². The fourth-order valence-electron chi connectivity index (χ4n) is 2.78. The largest absolute Gasteiger partial charge is 0.468 e. The average molecular weight is 292 g/mol. The smallest absolute Gasteiger partial charge is 0.193 e. The molecule has 0 spiro atoms. The molecule has 0 aliphatic carbocycles. The average Bonchev–Trinajstić information content (AvgIpc) is 3.01. The Bertz CT molecular complexity index is 421. The van der Waals surface area contributed by atoms with E-state index in [4.69, 9.17) is 9.41 Å². The summed E-state index contributed by atoms with van der Waals surface area (Å²) in [5.74, 6) is 1.96. The van der Waals surface area contributed by atoms with Crippen LogP contribution < -0.4 is 5.32 Å². The summed E-state index contributed by atoms with van der Waals surface area (Å²) in [5.41, 5.74) is 0. The molecule has 1 aromatic heterocycles. The predicted molar refractivity (Wildman–Crippen MR) is 86.5 cm³/mol. The second kappa shape index (κ2) is 8.08. The Morgan fingerprint density at radius 1 is 1.38 bits per heavy atom. The third-order valence-electron chi connectivity index (χ3n) is 3.88. The Balaban J connectivity index is 2.10. The zero-order valence-corrected chi connectivity index (χ0v) is 13.5. The second-order valence-corrected chi connectivity index (χ2v) is 5.72. The Kier molecular flexibility index (Phi) is 6.11. The van der Waals surface area contributed by atoms with Crippen LogP contribution in [0.25, 0.3) is 0 Å². The molecule has 1 aromatic rings. The van der Waals surface area contributed by atoms with Crippen LogP contribution in [0.3, 0.4) is 0 Å². The number of aliphatic imine (C=N–C) groups is 1. The van der Waals surface area contributed by atoms with E-state index in [2.05, 4.69) is 23.2 Å². The minimum absolute atomic E-state index is 0.244. The molecule has 0 radical (unpaired) electrons. The molecule has 2 heterocycles. The third-order valence-corrected chi connectivity index (χ3v) is 3.88. The normalized spacial score (nSPS) is 18.5. The third kappa shape index (κ3) is 4.49. The van der Waals surface area contributed by atoms with E-state index in [1.165, 1.54) is 19.3 Å². The topological polar surface area (TPSA) is 44.0 Å². The molecule has 1 aliphatic rings. The molecule has 118 valence electrons. The number of nitrogens with zero attached hydrogens (tertiary/aromatic N) is 3. The van der Waals surface area contributed by atoms with E-state index in [1.807, 2.05) is 25.1 Å². The van der Waals surface area contributed by atoms with Crippen molar-refractivity contribution in [2.75, 3.05) is 40.3 Å². The van der Waals surface area contributed by atoms with Gasteiger partial charge in [0.1, 0.15) is 5.76 Å². The number of likely N-dealkylation sites (tertiary alicyclic amines) is 1. The Morgan fingerprint density at radius 3 is 2.71 bits per heavy atom. The molecule has 1 fully saturated rings. The lowest BCUT2D eigenvalue weighted by atomic mass is 10.1. The molecule has 1 N–H and O–H groups in total. The molecular formula is C16H28N4O. The molecule has 1 aliphatic heterocycles. The number of piperidine rings is 1. The van der Waals surface area contributed by atoms with Crippen molar-refractivity contribution in [1.29, 1.82) is 0 Å². The van der Waals surface area contributed by atoms with Gasteiger partial charge in [-0.3, -0.25) is 9.89 Å². The lowest BCUT2D eigenvalue weighted by Crippen LogP contribution is -2.38. The van der Waals surface area contributed by atoms with Crippen molar-refractivity contribution < 1.29 is 4.42 Å². The van der Waals surface area contributed by atoms with Gasteiger partial charge in [0.05, 0.1) is 18.8 Å². The van der Waals surface area contributed by atoms with Crippen LogP contribution in [0.5, 0.6) is 0 Å². The number of hydrogen-bond donors (Lipinski definition) is 1. The standard InChI is InChI=1S/C16H28N4O/c1-4-17-16(19(2)3)18-13-14(15-9-8-12-21-15)20-10-6-5-7-11-20/h8-9,12,14H,4-7,10-11,13H2,1-3H3,(H,17,18). The molecule has 0 bridgehead atoms. The van der Waals surface area contributed by atoms with Gasteiger partial charge in [-0.1, -0.05) is 6.42 Å². The van der Waals surface area contributed by atoms with Crippen molar-refractivity contribution in [2.24, 2.45) is 4.99 Å². The number of hydrogen-bond acceptors (Lipinski definition) is 3. The van der Waals surface area contributed by atoms with E-state index in [-0.39, 0.29) is 6.04 Å². The van der Waals surface area contributed by atoms with Crippen LogP contribution in [0.4, 0.5) is 0 Å². The van der Waals surface area contributed by atoms with Gasteiger partial charge >= 0.3 is 0 Å². The highest BCUT2D eigenvalue weighted by Crippen LogP contribution is 2.25. The van der Waals surface area contributed by atoms with Crippen LogP contribution in [0.1, 0.15) is 38.0 Å².